The van der Waals surface area contributed by atoms with E-state index in [4.69, 9.17) is 16.3 Å². The molecule has 1 N–H and O–H groups in total. The van der Waals surface area contributed by atoms with Gasteiger partial charge in [0.2, 0.25) is 0 Å². The molecule has 0 aliphatic carbocycles. The number of carbonyl (C=O) groups is 1. The molecule has 0 bridgehead atoms. The summed E-state index contributed by atoms with van der Waals surface area (Å²) in [5.41, 5.74) is 0.668. The Morgan fingerprint density at radius 1 is 1.23 bits per heavy atom. The number of hydrogen-bond donors (Lipinski definition) is 1. The zero-order chi connectivity index (χ0) is 15.3. The first-order chi connectivity index (χ1) is 10.7. The summed E-state index contributed by atoms with van der Waals surface area (Å²) in [6.45, 7) is 0.818. The Morgan fingerprint density at radius 2 is 2.00 bits per heavy atom. The number of halogens is 1. The third-order valence-corrected chi connectivity index (χ3v) is 4.70. The highest BCUT2D eigenvalue weighted by molar-refractivity contribution is 6.30. The Kier molecular flexibility index (Phi) is 2.93. The van der Waals surface area contributed by atoms with Crippen LogP contribution in [-0.4, -0.2) is 35.2 Å². The van der Waals surface area contributed by atoms with Crippen LogP contribution in [-0.2, 0) is 10.3 Å². The van der Waals surface area contributed by atoms with Crippen molar-refractivity contribution >= 4 is 17.5 Å². The van der Waals surface area contributed by atoms with Crippen LogP contribution >= 0.6 is 11.6 Å². The maximum atomic E-state index is 12.2. The summed E-state index contributed by atoms with van der Waals surface area (Å²) in [7, 11) is 0. The number of hydrogen-bond acceptors (Lipinski definition) is 3. The van der Waals surface area contributed by atoms with Gasteiger partial charge in [0.25, 0.3) is 5.91 Å². The van der Waals surface area contributed by atoms with Crippen molar-refractivity contribution in [2.45, 2.75) is 11.6 Å². The number of rotatable bonds is 1. The molecule has 1 saturated heterocycles. The Labute approximate surface area is 132 Å². The average molecular weight is 316 g/mol. The van der Waals surface area contributed by atoms with E-state index >= 15 is 0 Å². The van der Waals surface area contributed by atoms with Gasteiger partial charge in [-0.3, -0.25) is 4.79 Å². The fourth-order valence-electron chi connectivity index (χ4n) is 3.50. The van der Waals surface area contributed by atoms with Gasteiger partial charge in [0.05, 0.1) is 6.54 Å². The third-order valence-electron chi connectivity index (χ3n) is 4.46. The highest BCUT2D eigenvalue weighted by Crippen LogP contribution is 2.51. The molecule has 0 unspecified atom stereocenters. The van der Waals surface area contributed by atoms with Crippen molar-refractivity contribution in [3.8, 4) is 5.75 Å². The first-order valence-corrected chi connectivity index (χ1v) is 7.51. The maximum Gasteiger partial charge on any atom is 0.255 e. The SMILES string of the molecule is O=C1[C@@H](O)[C@]2(c3ccccc3)c3cc(Cl)ccc3OCCN12. The minimum Gasteiger partial charge on any atom is -0.491 e. The number of carbonyl (C=O) groups excluding carboxylic acids is 1. The largest absolute Gasteiger partial charge is 0.491 e. The molecule has 0 aromatic heterocycles. The van der Waals surface area contributed by atoms with E-state index in [1.165, 1.54) is 0 Å². The van der Waals surface area contributed by atoms with E-state index in [1.54, 1.807) is 23.1 Å². The molecule has 1 amide bonds. The molecule has 112 valence electrons. The number of fused-ring (bicyclic) bond motifs is 3. The molecular weight excluding hydrogens is 302 g/mol. The fraction of sp³-hybridized carbons (Fsp3) is 0.235. The van der Waals surface area contributed by atoms with Crippen molar-refractivity contribution in [1.29, 1.82) is 0 Å². The molecule has 2 aromatic carbocycles. The van der Waals surface area contributed by atoms with Gasteiger partial charge in [-0.2, -0.15) is 0 Å². The van der Waals surface area contributed by atoms with Crippen molar-refractivity contribution in [3.05, 3.63) is 64.7 Å². The Hall–Kier alpha value is -2.04. The van der Waals surface area contributed by atoms with Gasteiger partial charge in [-0.05, 0) is 23.8 Å². The fourth-order valence-corrected chi connectivity index (χ4v) is 3.67. The zero-order valence-corrected chi connectivity index (χ0v) is 12.5. The van der Waals surface area contributed by atoms with Gasteiger partial charge in [-0.1, -0.05) is 41.9 Å². The molecule has 2 aliphatic heterocycles. The summed E-state index contributed by atoms with van der Waals surface area (Å²) in [5, 5.41) is 11.1. The molecule has 4 rings (SSSR count). The topological polar surface area (TPSA) is 49.8 Å². The van der Waals surface area contributed by atoms with Crippen LogP contribution in [0.1, 0.15) is 11.1 Å². The first kappa shape index (κ1) is 13.6. The maximum absolute atomic E-state index is 12.2. The minimum atomic E-state index is -1.13. The van der Waals surface area contributed by atoms with Gasteiger partial charge < -0.3 is 14.7 Å². The lowest BCUT2D eigenvalue weighted by molar-refractivity contribution is -0.180. The molecule has 2 aliphatic rings. The predicted molar refractivity (Wildman–Crippen MR) is 81.9 cm³/mol. The molecule has 0 radical (unpaired) electrons. The zero-order valence-electron chi connectivity index (χ0n) is 11.7. The van der Waals surface area contributed by atoms with E-state index in [9.17, 15) is 9.90 Å². The lowest BCUT2D eigenvalue weighted by atomic mass is 9.70. The summed E-state index contributed by atoms with van der Waals surface area (Å²) in [5.74, 6) is 0.377. The Balaban J connectivity index is 2.02. The number of ether oxygens (including phenoxy) is 1. The van der Waals surface area contributed by atoms with Crippen LogP contribution in [0.2, 0.25) is 5.02 Å². The average Bonchev–Trinajstić information content (AvgIpc) is 2.70. The quantitative estimate of drug-likeness (QED) is 0.821. The molecule has 2 aromatic rings. The normalized spacial score (nSPS) is 26.4. The van der Waals surface area contributed by atoms with Crippen LogP contribution in [0, 0.1) is 0 Å². The number of benzene rings is 2. The molecule has 0 saturated carbocycles. The van der Waals surface area contributed by atoms with Crippen LogP contribution in [0.25, 0.3) is 0 Å². The van der Waals surface area contributed by atoms with Crippen molar-refractivity contribution in [2.75, 3.05) is 13.2 Å². The lowest BCUT2D eigenvalue weighted by Crippen LogP contribution is -2.72. The van der Waals surface area contributed by atoms with E-state index in [0.29, 0.717) is 23.9 Å². The molecule has 2 heterocycles. The van der Waals surface area contributed by atoms with Gasteiger partial charge in [0.1, 0.15) is 17.9 Å². The lowest BCUT2D eigenvalue weighted by Gasteiger charge is -2.55. The summed E-state index contributed by atoms with van der Waals surface area (Å²) >= 11 is 6.16. The van der Waals surface area contributed by atoms with Gasteiger partial charge in [0, 0.05) is 10.6 Å². The Morgan fingerprint density at radius 3 is 2.77 bits per heavy atom. The summed E-state index contributed by atoms with van der Waals surface area (Å²) in [4.78, 5) is 13.9. The second-order valence-corrected chi connectivity index (χ2v) is 5.95. The predicted octanol–water partition coefficient (Wildman–Crippen LogP) is 2.18. The van der Waals surface area contributed by atoms with Crippen molar-refractivity contribution in [2.24, 2.45) is 0 Å². The third kappa shape index (κ3) is 1.59. The first-order valence-electron chi connectivity index (χ1n) is 7.13. The van der Waals surface area contributed by atoms with Crippen molar-refractivity contribution < 1.29 is 14.6 Å². The second-order valence-electron chi connectivity index (χ2n) is 5.51. The van der Waals surface area contributed by atoms with E-state index < -0.39 is 11.6 Å². The van der Waals surface area contributed by atoms with Crippen LogP contribution < -0.4 is 4.74 Å². The second kappa shape index (κ2) is 4.73. The van der Waals surface area contributed by atoms with E-state index in [0.717, 1.165) is 11.1 Å². The monoisotopic (exact) mass is 315 g/mol. The summed E-state index contributed by atoms with van der Waals surface area (Å²) in [6, 6.07) is 14.9. The van der Waals surface area contributed by atoms with Crippen LogP contribution in [0.3, 0.4) is 0 Å². The standard InChI is InChI=1S/C17H14ClNO3/c18-12-6-7-14-13(10-12)17(11-4-2-1-3-5-11)15(20)16(21)19(17)8-9-22-14/h1-7,10,15,20H,8-9H2/t15-,17+/m1/s1. The molecule has 2 atom stereocenters. The number of aliphatic hydroxyl groups excluding tert-OH is 1. The minimum absolute atomic E-state index is 0.278. The smallest absolute Gasteiger partial charge is 0.255 e. The highest BCUT2D eigenvalue weighted by Gasteiger charge is 2.63. The molecule has 4 nitrogen and oxygen atoms in total. The van der Waals surface area contributed by atoms with Gasteiger partial charge in [0.15, 0.2) is 6.10 Å². The van der Waals surface area contributed by atoms with Gasteiger partial charge >= 0.3 is 0 Å². The number of amides is 1. The van der Waals surface area contributed by atoms with Crippen molar-refractivity contribution in [1.82, 2.24) is 4.90 Å². The van der Waals surface area contributed by atoms with Crippen LogP contribution in [0.15, 0.2) is 48.5 Å². The number of aliphatic hydroxyl groups is 1. The summed E-state index contributed by atoms with van der Waals surface area (Å²) in [6.07, 6.45) is -1.13. The number of β-lactam (4-membered cyclic amide) rings is 1. The Bertz CT molecular complexity index is 749. The van der Waals surface area contributed by atoms with Crippen LogP contribution in [0.5, 0.6) is 5.75 Å². The summed E-state index contributed by atoms with van der Waals surface area (Å²) < 4.78 is 5.76. The van der Waals surface area contributed by atoms with Gasteiger partial charge in [-0.15, -0.1) is 0 Å². The van der Waals surface area contributed by atoms with E-state index in [2.05, 4.69) is 0 Å². The molecular formula is C17H14ClNO3. The highest BCUT2D eigenvalue weighted by atomic mass is 35.5. The van der Waals surface area contributed by atoms with E-state index in [1.807, 2.05) is 30.3 Å². The van der Waals surface area contributed by atoms with Crippen LogP contribution in [0.4, 0.5) is 0 Å². The number of nitrogens with zero attached hydrogens (tertiary/aromatic N) is 1. The van der Waals surface area contributed by atoms with Crippen molar-refractivity contribution in [3.63, 3.8) is 0 Å². The molecule has 5 heteroatoms. The van der Waals surface area contributed by atoms with Gasteiger partial charge in [-0.25, -0.2) is 0 Å². The molecule has 1 fully saturated rings. The molecule has 22 heavy (non-hydrogen) atoms. The van der Waals surface area contributed by atoms with E-state index in [-0.39, 0.29) is 5.91 Å². The molecule has 0 spiro atoms.